The van der Waals surface area contributed by atoms with E-state index in [1.165, 1.54) is 30.6 Å². The first kappa shape index (κ1) is 12.3. The summed E-state index contributed by atoms with van der Waals surface area (Å²) in [6.45, 7) is 3.42. The molecule has 0 spiro atoms. The summed E-state index contributed by atoms with van der Waals surface area (Å²) in [4.78, 5) is 4.58. The number of likely N-dealkylation sites (tertiary alicyclic amines) is 1. The lowest BCUT2D eigenvalue weighted by Crippen LogP contribution is -2.36. The summed E-state index contributed by atoms with van der Waals surface area (Å²) in [5, 5.41) is 15.7. The van der Waals surface area contributed by atoms with Crippen molar-refractivity contribution in [1.29, 1.82) is 0 Å². The predicted octanol–water partition coefficient (Wildman–Crippen LogP) is 0.297. The van der Waals surface area contributed by atoms with Gasteiger partial charge >= 0.3 is 0 Å². The second-order valence-corrected chi connectivity index (χ2v) is 5.35. The Labute approximate surface area is 112 Å². The minimum atomic E-state index is 0.677. The molecule has 0 aromatic carbocycles. The van der Waals surface area contributed by atoms with E-state index in [2.05, 4.69) is 44.5 Å². The van der Waals surface area contributed by atoms with Gasteiger partial charge in [-0.3, -0.25) is 0 Å². The molecule has 0 aliphatic carbocycles. The summed E-state index contributed by atoms with van der Waals surface area (Å²) in [6.07, 6.45) is 2.52. The number of hydrogen-bond acceptors (Lipinski definition) is 6. The molecule has 1 fully saturated rings. The maximum Gasteiger partial charge on any atom is 0.200 e. The predicted molar refractivity (Wildman–Crippen MR) is 72.1 cm³/mol. The zero-order chi connectivity index (χ0) is 13.2. The van der Waals surface area contributed by atoms with Crippen molar-refractivity contribution in [2.24, 2.45) is 5.92 Å². The van der Waals surface area contributed by atoms with Gasteiger partial charge in [-0.2, -0.15) is 0 Å². The van der Waals surface area contributed by atoms with E-state index >= 15 is 0 Å². The molecule has 0 radical (unpaired) electrons. The van der Waals surface area contributed by atoms with Crippen molar-refractivity contribution in [3.8, 4) is 0 Å². The van der Waals surface area contributed by atoms with Gasteiger partial charge in [0.2, 0.25) is 0 Å². The summed E-state index contributed by atoms with van der Waals surface area (Å²) in [7, 11) is 4.27. The average molecular weight is 261 g/mol. The molecule has 102 valence electrons. The van der Waals surface area contributed by atoms with Gasteiger partial charge in [-0.05, 0) is 61.5 Å². The maximum absolute atomic E-state index is 4.41. The van der Waals surface area contributed by atoms with Crippen LogP contribution in [0.25, 0.3) is 5.65 Å². The van der Waals surface area contributed by atoms with Gasteiger partial charge in [0.05, 0.1) is 0 Å². The van der Waals surface area contributed by atoms with Crippen molar-refractivity contribution >= 4 is 11.5 Å². The number of fused-ring (bicyclic) bond motifs is 1. The van der Waals surface area contributed by atoms with Crippen LogP contribution in [-0.4, -0.2) is 63.9 Å². The quantitative estimate of drug-likeness (QED) is 0.792. The summed E-state index contributed by atoms with van der Waals surface area (Å²) >= 11 is 0. The molecule has 3 heterocycles. The Morgan fingerprint density at radius 1 is 1.32 bits per heavy atom. The molecule has 2 aromatic heterocycles. The number of nitrogens with zero attached hydrogens (tertiary/aromatic N) is 7. The van der Waals surface area contributed by atoms with Crippen LogP contribution in [0, 0.1) is 5.92 Å². The van der Waals surface area contributed by atoms with Crippen molar-refractivity contribution in [3.63, 3.8) is 0 Å². The fourth-order valence-corrected chi connectivity index (χ4v) is 2.57. The maximum atomic E-state index is 4.41. The fraction of sp³-hybridized carbons (Fsp3) is 0.667. The molecule has 0 atom stereocenters. The van der Waals surface area contributed by atoms with E-state index in [9.17, 15) is 0 Å². The Bertz CT molecular complexity index is 544. The zero-order valence-corrected chi connectivity index (χ0v) is 11.4. The minimum Gasteiger partial charge on any atom is -0.358 e. The van der Waals surface area contributed by atoms with Gasteiger partial charge in [0, 0.05) is 13.6 Å². The van der Waals surface area contributed by atoms with Crippen LogP contribution >= 0.6 is 0 Å². The lowest BCUT2D eigenvalue weighted by molar-refractivity contribution is 0.222. The molecule has 1 aliphatic heterocycles. The highest BCUT2D eigenvalue weighted by molar-refractivity contribution is 5.43. The monoisotopic (exact) mass is 261 g/mol. The molecule has 0 bridgehead atoms. The molecule has 7 heteroatoms. The number of rotatable bonds is 3. The van der Waals surface area contributed by atoms with Crippen LogP contribution in [0.15, 0.2) is 12.1 Å². The van der Waals surface area contributed by atoms with Gasteiger partial charge in [-0.15, -0.1) is 14.8 Å². The Kier molecular flexibility index (Phi) is 3.29. The van der Waals surface area contributed by atoms with Crippen molar-refractivity contribution < 1.29 is 0 Å². The topological polar surface area (TPSA) is 62.5 Å². The summed E-state index contributed by atoms with van der Waals surface area (Å²) in [6, 6.07) is 3.87. The van der Waals surface area contributed by atoms with E-state index in [1.807, 2.05) is 12.1 Å². The molecule has 0 amide bonds. The van der Waals surface area contributed by atoms with Gasteiger partial charge in [-0.1, -0.05) is 0 Å². The highest BCUT2D eigenvalue weighted by Crippen LogP contribution is 2.19. The normalized spacial score (nSPS) is 18.0. The number of anilines is 1. The third kappa shape index (κ3) is 2.65. The molecule has 0 saturated carbocycles. The molecule has 0 N–H and O–H groups in total. The van der Waals surface area contributed by atoms with E-state index in [0.29, 0.717) is 5.65 Å². The van der Waals surface area contributed by atoms with Gasteiger partial charge in [0.1, 0.15) is 0 Å². The van der Waals surface area contributed by atoms with Crippen LogP contribution in [0.4, 0.5) is 5.82 Å². The van der Waals surface area contributed by atoms with Crippen LogP contribution in [0.1, 0.15) is 12.8 Å². The molecule has 7 nitrogen and oxygen atoms in total. The largest absolute Gasteiger partial charge is 0.358 e. The first-order valence-electron chi connectivity index (χ1n) is 6.67. The third-order valence-corrected chi connectivity index (χ3v) is 3.82. The Morgan fingerprint density at radius 2 is 2.11 bits per heavy atom. The van der Waals surface area contributed by atoms with Crippen LogP contribution in [-0.2, 0) is 0 Å². The second kappa shape index (κ2) is 5.08. The first-order chi connectivity index (χ1) is 9.22. The SMILES string of the molecule is CN1CCC(CN(C)c2ccc3nnnn3n2)CC1. The van der Waals surface area contributed by atoms with Crippen LogP contribution < -0.4 is 4.90 Å². The standard InChI is InChI=1S/C12H19N7/c1-17-7-5-10(6-8-17)9-18(2)12-4-3-11-13-15-16-19(11)14-12/h3-4,10H,5-9H2,1-2H3. The average Bonchev–Trinajstić information content (AvgIpc) is 2.88. The van der Waals surface area contributed by atoms with E-state index < -0.39 is 0 Å². The lowest BCUT2D eigenvalue weighted by Gasteiger charge is -2.31. The zero-order valence-electron chi connectivity index (χ0n) is 11.4. The molecule has 2 aromatic rings. The van der Waals surface area contributed by atoms with E-state index in [4.69, 9.17) is 0 Å². The van der Waals surface area contributed by atoms with Gasteiger partial charge in [-0.25, -0.2) is 0 Å². The molecular formula is C12H19N7. The van der Waals surface area contributed by atoms with Crippen molar-refractivity contribution in [3.05, 3.63) is 12.1 Å². The van der Waals surface area contributed by atoms with Crippen molar-refractivity contribution in [1.82, 2.24) is 30.2 Å². The van der Waals surface area contributed by atoms with Crippen LogP contribution in [0.3, 0.4) is 0 Å². The Balaban J connectivity index is 1.67. The van der Waals surface area contributed by atoms with Crippen molar-refractivity contribution in [2.45, 2.75) is 12.8 Å². The number of piperidine rings is 1. The molecule has 0 unspecified atom stereocenters. The highest BCUT2D eigenvalue weighted by Gasteiger charge is 2.19. The summed E-state index contributed by atoms with van der Waals surface area (Å²) in [5.41, 5.74) is 0.677. The van der Waals surface area contributed by atoms with E-state index in [0.717, 1.165) is 18.3 Å². The summed E-state index contributed by atoms with van der Waals surface area (Å²) < 4.78 is 1.47. The lowest BCUT2D eigenvalue weighted by atomic mass is 9.97. The molecule has 1 saturated heterocycles. The van der Waals surface area contributed by atoms with Crippen LogP contribution in [0.2, 0.25) is 0 Å². The Hall–Kier alpha value is -1.76. The third-order valence-electron chi connectivity index (χ3n) is 3.82. The molecular weight excluding hydrogens is 242 g/mol. The first-order valence-corrected chi connectivity index (χ1v) is 6.67. The Morgan fingerprint density at radius 3 is 2.89 bits per heavy atom. The molecule has 19 heavy (non-hydrogen) atoms. The number of aromatic nitrogens is 5. The van der Waals surface area contributed by atoms with Gasteiger partial charge in [0.15, 0.2) is 11.5 Å². The van der Waals surface area contributed by atoms with Crippen LogP contribution in [0.5, 0.6) is 0 Å². The summed E-state index contributed by atoms with van der Waals surface area (Å²) in [5.74, 6) is 1.66. The smallest absolute Gasteiger partial charge is 0.200 e. The van der Waals surface area contributed by atoms with E-state index in [1.54, 1.807) is 0 Å². The highest BCUT2D eigenvalue weighted by atomic mass is 15.6. The second-order valence-electron chi connectivity index (χ2n) is 5.35. The van der Waals surface area contributed by atoms with Gasteiger partial charge in [0.25, 0.3) is 0 Å². The molecule has 3 rings (SSSR count). The van der Waals surface area contributed by atoms with Gasteiger partial charge < -0.3 is 9.80 Å². The number of tetrazole rings is 1. The van der Waals surface area contributed by atoms with E-state index in [-0.39, 0.29) is 0 Å². The minimum absolute atomic E-state index is 0.677. The molecule has 1 aliphatic rings. The number of hydrogen-bond donors (Lipinski definition) is 0. The fourth-order valence-electron chi connectivity index (χ4n) is 2.57. The van der Waals surface area contributed by atoms with Crippen molar-refractivity contribution in [2.75, 3.05) is 38.6 Å².